The molecule has 2 heterocycles. The number of hydrogen-bond donors (Lipinski definition) is 5. The minimum atomic E-state index is -1.28. The van der Waals surface area contributed by atoms with E-state index in [4.69, 9.17) is 26.2 Å². The molecule has 2 aliphatic heterocycles. The first-order valence-electron chi connectivity index (χ1n) is 11.4. The first kappa shape index (κ1) is 26.4. The van der Waals surface area contributed by atoms with Crippen LogP contribution in [0.1, 0.15) is 39.1 Å². The van der Waals surface area contributed by atoms with E-state index >= 15 is 0 Å². The monoisotopic (exact) mass is 542 g/mol. The van der Waals surface area contributed by atoms with Gasteiger partial charge in [-0.05, 0) is 61.7 Å². The van der Waals surface area contributed by atoms with Crippen molar-refractivity contribution >= 4 is 46.7 Å². The van der Waals surface area contributed by atoms with Crippen molar-refractivity contribution < 1.29 is 34.1 Å². The quantitative estimate of drug-likeness (QED) is 0.265. The Balaban J connectivity index is 1.32. The Morgan fingerprint density at radius 1 is 1.03 bits per heavy atom. The minimum absolute atomic E-state index is 0.00604. The summed E-state index contributed by atoms with van der Waals surface area (Å²) in [7, 11) is 0. The van der Waals surface area contributed by atoms with Crippen LogP contribution in [0.25, 0.3) is 0 Å². The number of carboxylic acids is 2. The fourth-order valence-corrected chi connectivity index (χ4v) is 3.73. The van der Waals surface area contributed by atoms with Crippen LogP contribution in [0.4, 0.5) is 5.69 Å². The number of aryl methyl sites for hydroxylation is 1. The van der Waals surface area contributed by atoms with Crippen molar-refractivity contribution in [2.24, 2.45) is 10.2 Å². The van der Waals surface area contributed by atoms with Crippen LogP contribution in [0, 0.1) is 6.92 Å². The molecule has 1 amide bonds. The van der Waals surface area contributed by atoms with Crippen LogP contribution in [0.15, 0.2) is 52.7 Å². The number of anilines is 1. The second-order valence-electron chi connectivity index (χ2n) is 8.10. The Labute approximate surface area is 221 Å². The van der Waals surface area contributed by atoms with Crippen molar-refractivity contribution in [2.75, 3.05) is 18.5 Å². The lowest BCUT2D eigenvalue weighted by Gasteiger charge is -2.17. The smallest absolute Gasteiger partial charge is 0.337 e. The average molecular weight is 543 g/mol. The maximum absolute atomic E-state index is 12.7. The summed E-state index contributed by atoms with van der Waals surface area (Å²) in [5, 5.41) is 30.5. The van der Waals surface area contributed by atoms with Gasteiger partial charge in [-0.15, -0.1) is 15.7 Å². The largest absolute Gasteiger partial charge is 0.494 e. The number of nitrogens with one attached hydrogen (secondary N) is 3. The zero-order valence-corrected chi connectivity index (χ0v) is 20.8. The van der Waals surface area contributed by atoms with Crippen molar-refractivity contribution in [1.29, 1.82) is 0 Å². The SMILES string of the molecule is Cc1cc(OCCCCOc2cc(NC(=O)C3=NN4NNN=C4C=C3)c(C(=O)O)cc2Cl)ccc1C(=O)O. The van der Waals surface area contributed by atoms with E-state index < -0.39 is 17.8 Å². The molecule has 0 saturated carbocycles. The van der Waals surface area contributed by atoms with E-state index in [0.717, 1.165) is 0 Å². The van der Waals surface area contributed by atoms with E-state index in [2.05, 4.69) is 26.6 Å². The number of aromatic carboxylic acids is 2. The first-order chi connectivity index (χ1) is 18.2. The molecular formula is C24H23ClN6O7. The second-order valence-corrected chi connectivity index (χ2v) is 8.50. The van der Waals surface area contributed by atoms with Gasteiger partial charge in [0, 0.05) is 6.07 Å². The molecule has 0 unspecified atom stereocenters. The predicted molar refractivity (Wildman–Crippen MR) is 138 cm³/mol. The van der Waals surface area contributed by atoms with Gasteiger partial charge >= 0.3 is 11.9 Å². The summed E-state index contributed by atoms with van der Waals surface area (Å²) in [6, 6.07) is 7.32. The highest BCUT2D eigenvalue weighted by molar-refractivity contribution is 6.48. The molecule has 2 aliphatic rings. The number of hydrazone groups is 2. The summed E-state index contributed by atoms with van der Waals surface area (Å²) in [6.07, 6.45) is 4.22. The lowest BCUT2D eigenvalue weighted by atomic mass is 10.1. The summed E-state index contributed by atoms with van der Waals surface area (Å²) >= 11 is 6.22. The Hall–Kier alpha value is -4.62. The Morgan fingerprint density at radius 3 is 2.47 bits per heavy atom. The molecule has 0 fully saturated rings. The molecule has 0 saturated heterocycles. The van der Waals surface area contributed by atoms with Gasteiger partial charge in [0.25, 0.3) is 5.91 Å². The molecule has 38 heavy (non-hydrogen) atoms. The molecule has 0 radical (unpaired) electrons. The number of hydrogen-bond acceptors (Lipinski definition) is 10. The molecule has 13 nitrogen and oxygen atoms in total. The van der Waals surface area contributed by atoms with Gasteiger partial charge < -0.3 is 25.0 Å². The number of amides is 1. The highest BCUT2D eigenvalue weighted by Gasteiger charge is 2.23. The maximum atomic E-state index is 12.7. The number of carboxylic acid groups (broad SMARTS) is 2. The molecule has 0 bridgehead atoms. The van der Waals surface area contributed by atoms with Gasteiger partial charge in [-0.25, -0.2) is 15.1 Å². The Bertz CT molecular complexity index is 1370. The maximum Gasteiger partial charge on any atom is 0.337 e. The molecule has 198 valence electrons. The van der Waals surface area contributed by atoms with Crippen LogP contribution >= 0.6 is 11.6 Å². The van der Waals surface area contributed by atoms with Gasteiger partial charge in [-0.1, -0.05) is 11.6 Å². The highest BCUT2D eigenvalue weighted by Crippen LogP contribution is 2.32. The average Bonchev–Trinajstić information content (AvgIpc) is 3.35. The fraction of sp³-hybridized carbons (Fsp3) is 0.208. The van der Waals surface area contributed by atoms with Crippen LogP contribution < -0.4 is 25.9 Å². The van der Waals surface area contributed by atoms with Crippen LogP contribution in [0.5, 0.6) is 11.5 Å². The number of amidine groups is 1. The summed E-state index contributed by atoms with van der Waals surface area (Å²) < 4.78 is 11.4. The summed E-state index contributed by atoms with van der Waals surface area (Å²) in [6.45, 7) is 2.34. The normalized spacial score (nSPS) is 13.7. The number of nitrogens with zero attached hydrogens (tertiary/aromatic N) is 3. The standard InChI is InChI=1S/C24H23ClN6O7/c1-13-10-14(4-5-15(13)23(33)34)37-8-2-3-9-38-20-12-19(16(24(35)36)11-17(20)25)26-22(32)18-6-7-21-27-29-30-31(21)28-18/h4-7,10-12,29-30H,2-3,8-9H2,1H3,(H,26,32)(H,33,34)(H,35,36). The van der Waals surface area contributed by atoms with Crippen molar-refractivity contribution in [1.82, 2.24) is 16.2 Å². The van der Waals surface area contributed by atoms with Crippen molar-refractivity contribution in [3.63, 3.8) is 0 Å². The van der Waals surface area contributed by atoms with Crippen molar-refractivity contribution in [2.45, 2.75) is 19.8 Å². The third-order valence-electron chi connectivity index (χ3n) is 5.42. The molecule has 0 atom stereocenters. The summed E-state index contributed by atoms with van der Waals surface area (Å²) in [5.41, 5.74) is 5.73. The predicted octanol–water partition coefficient (Wildman–Crippen LogP) is 2.79. The number of hydrazine groups is 2. The highest BCUT2D eigenvalue weighted by atomic mass is 35.5. The minimum Gasteiger partial charge on any atom is -0.494 e. The van der Waals surface area contributed by atoms with E-state index in [-0.39, 0.29) is 39.9 Å². The Morgan fingerprint density at radius 2 is 1.76 bits per heavy atom. The second kappa shape index (κ2) is 11.6. The topological polar surface area (TPSA) is 174 Å². The van der Waals surface area contributed by atoms with E-state index in [1.165, 1.54) is 29.4 Å². The van der Waals surface area contributed by atoms with Gasteiger partial charge in [-0.3, -0.25) is 4.79 Å². The molecule has 2 aromatic carbocycles. The molecule has 2 aromatic rings. The van der Waals surface area contributed by atoms with Gasteiger partial charge in [0.15, 0.2) is 11.5 Å². The fourth-order valence-electron chi connectivity index (χ4n) is 3.51. The van der Waals surface area contributed by atoms with Crippen LogP contribution in [0.2, 0.25) is 5.02 Å². The van der Waals surface area contributed by atoms with E-state index in [9.17, 15) is 19.5 Å². The lowest BCUT2D eigenvalue weighted by molar-refractivity contribution is -0.110. The van der Waals surface area contributed by atoms with Gasteiger partial charge in [0.2, 0.25) is 0 Å². The molecular weight excluding hydrogens is 520 g/mol. The molecule has 4 rings (SSSR count). The Kier molecular flexibility index (Phi) is 8.09. The van der Waals surface area contributed by atoms with E-state index in [1.807, 2.05) is 0 Å². The first-order valence-corrected chi connectivity index (χ1v) is 11.7. The number of carbonyl (C=O) groups is 3. The van der Waals surface area contributed by atoms with Crippen LogP contribution in [-0.2, 0) is 4.79 Å². The summed E-state index contributed by atoms with van der Waals surface area (Å²) in [4.78, 5) is 35.6. The van der Waals surface area contributed by atoms with Crippen LogP contribution in [-0.4, -0.2) is 57.9 Å². The van der Waals surface area contributed by atoms with Crippen LogP contribution in [0.3, 0.4) is 0 Å². The zero-order chi connectivity index (χ0) is 27.2. The van der Waals surface area contributed by atoms with Gasteiger partial charge in [0.1, 0.15) is 11.5 Å². The number of benzene rings is 2. The molecule has 0 aliphatic carbocycles. The number of ether oxygens (including phenoxy) is 2. The number of carbonyl (C=O) groups excluding carboxylic acids is 1. The number of unbranched alkanes of at least 4 members (excludes halogenated alkanes) is 1. The molecule has 14 heteroatoms. The number of rotatable bonds is 11. The van der Waals surface area contributed by atoms with Gasteiger partial charge in [-0.2, -0.15) is 5.12 Å². The molecule has 5 N–H and O–H groups in total. The van der Waals surface area contributed by atoms with Crippen molar-refractivity contribution in [3.05, 3.63) is 64.2 Å². The number of halogens is 1. The lowest BCUT2D eigenvalue weighted by Crippen LogP contribution is -2.40. The third-order valence-corrected chi connectivity index (χ3v) is 5.71. The third kappa shape index (κ3) is 6.19. The number of fused-ring (bicyclic) bond motifs is 1. The molecule has 0 spiro atoms. The zero-order valence-electron chi connectivity index (χ0n) is 20.0. The molecule has 0 aromatic heterocycles. The van der Waals surface area contributed by atoms with Crippen molar-refractivity contribution in [3.8, 4) is 11.5 Å². The summed E-state index contributed by atoms with van der Waals surface area (Å²) in [5.74, 6) is -1.69. The van der Waals surface area contributed by atoms with Gasteiger partial charge in [0.05, 0.1) is 35.1 Å². The van der Waals surface area contributed by atoms with E-state index in [0.29, 0.717) is 36.6 Å². The van der Waals surface area contributed by atoms with E-state index in [1.54, 1.807) is 25.1 Å².